The summed E-state index contributed by atoms with van der Waals surface area (Å²) < 4.78 is 5.61. The topological polar surface area (TPSA) is 38.3 Å². The second kappa shape index (κ2) is 6.96. The molecular weight excluding hydrogens is 274 g/mol. The summed E-state index contributed by atoms with van der Waals surface area (Å²) in [6.07, 6.45) is 0. The number of halogens is 1. The van der Waals surface area contributed by atoms with Gasteiger partial charge in [-0.3, -0.25) is 4.79 Å². The van der Waals surface area contributed by atoms with Gasteiger partial charge in [0.2, 0.25) is 0 Å². The summed E-state index contributed by atoms with van der Waals surface area (Å²) in [6.45, 7) is 2.86. The molecule has 2 aromatic carbocycles. The van der Waals surface area contributed by atoms with Crippen LogP contribution < -0.4 is 10.1 Å². The van der Waals surface area contributed by atoms with E-state index in [1.807, 2.05) is 31.2 Å². The summed E-state index contributed by atoms with van der Waals surface area (Å²) in [5.41, 5.74) is 1.63. The molecule has 0 atom stereocenters. The van der Waals surface area contributed by atoms with Gasteiger partial charge in [-0.1, -0.05) is 35.9 Å². The number of nitrogens with one attached hydrogen (secondary N) is 1. The number of amides is 1. The van der Waals surface area contributed by atoms with Gasteiger partial charge in [0.15, 0.2) is 0 Å². The van der Waals surface area contributed by atoms with Crippen molar-refractivity contribution in [1.82, 2.24) is 5.32 Å². The number of carbonyl (C=O) groups is 1. The summed E-state index contributed by atoms with van der Waals surface area (Å²) in [5.74, 6) is 0.686. The standard InChI is InChI=1S/C16H16ClNO2/c1-12-5-2-3-8-15(12)20-10-9-18-16(19)13-6-4-7-14(17)11-13/h2-8,11H,9-10H2,1H3,(H,18,19). The SMILES string of the molecule is Cc1ccccc1OCCNC(=O)c1cccc(Cl)c1. The lowest BCUT2D eigenvalue weighted by Crippen LogP contribution is -2.28. The predicted molar refractivity (Wildman–Crippen MR) is 80.5 cm³/mol. The third kappa shape index (κ3) is 4.00. The number of hydrogen-bond acceptors (Lipinski definition) is 2. The van der Waals surface area contributed by atoms with Crippen LogP contribution in [0.15, 0.2) is 48.5 Å². The molecule has 0 heterocycles. The molecule has 20 heavy (non-hydrogen) atoms. The van der Waals surface area contributed by atoms with Crippen molar-refractivity contribution < 1.29 is 9.53 Å². The Morgan fingerprint density at radius 3 is 2.75 bits per heavy atom. The van der Waals surface area contributed by atoms with Gasteiger partial charge in [-0.05, 0) is 36.8 Å². The number of rotatable bonds is 5. The minimum atomic E-state index is -0.152. The summed E-state index contributed by atoms with van der Waals surface area (Å²) in [7, 11) is 0. The molecule has 4 heteroatoms. The zero-order valence-corrected chi connectivity index (χ0v) is 12.0. The van der Waals surface area contributed by atoms with Crippen LogP contribution in [0.4, 0.5) is 0 Å². The Morgan fingerprint density at radius 2 is 2.00 bits per heavy atom. The number of para-hydroxylation sites is 1. The summed E-state index contributed by atoms with van der Waals surface area (Å²) in [4.78, 5) is 11.8. The first-order valence-electron chi connectivity index (χ1n) is 6.39. The maximum absolute atomic E-state index is 11.8. The zero-order chi connectivity index (χ0) is 14.4. The van der Waals surface area contributed by atoms with E-state index in [0.29, 0.717) is 23.7 Å². The lowest BCUT2D eigenvalue weighted by molar-refractivity contribution is 0.0947. The quantitative estimate of drug-likeness (QED) is 0.856. The van der Waals surface area contributed by atoms with Gasteiger partial charge in [-0.2, -0.15) is 0 Å². The van der Waals surface area contributed by atoms with Crippen molar-refractivity contribution in [3.63, 3.8) is 0 Å². The van der Waals surface area contributed by atoms with Crippen LogP contribution in [0.25, 0.3) is 0 Å². The molecule has 0 saturated carbocycles. The molecule has 0 radical (unpaired) electrons. The molecule has 0 unspecified atom stereocenters. The predicted octanol–water partition coefficient (Wildman–Crippen LogP) is 3.46. The van der Waals surface area contributed by atoms with Crippen LogP contribution in [0.2, 0.25) is 5.02 Å². The Bertz CT molecular complexity index is 599. The first-order valence-corrected chi connectivity index (χ1v) is 6.77. The minimum absolute atomic E-state index is 0.152. The van der Waals surface area contributed by atoms with Gasteiger partial charge >= 0.3 is 0 Å². The second-order valence-corrected chi connectivity index (χ2v) is 4.82. The maximum atomic E-state index is 11.8. The normalized spacial score (nSPS) is 10.1. The number of carbonyl (C=O) groups excluding carboxylic acids is 1. The number of ether oxygens (including phenoxy) is 1. The Kier molecular flexibility index (Phi) is 5.02. The average molecular weight is 290 g/mol. The van der Waals surface area contributed by atoms with Gasteiger partial charge in [-0.25, -0.2) is 0 Å². The molecule has 0 fully saturated rings. The third-order valence-corrected chi connectivity index (χ3v) is 3.06. The Morgan fingerprint density at radius 1 is 1.20 bits per heavy atom. The molecular formula is C16H16ClNO2. The van der Waals surface area contributed by atoms with E-state index in [1.54, 1.807) is 24.3 Å². The molecule has 0 aliphatic heterocycles. The minimum Gasteiger partial charge on any atom is -0.491 e. The van der Waals surface area contributed by atoms with Crippen LogP contribution in [0.3, 0.4) is 0 Å². The van der Waals surface area contributed by atoms with Gasteiger partial charge < -0.3 is 10.1 Å². The highest BCUT2D eigenvalue weighted by molar-refractivity contribution is 6.30. The first-order chi connectivity index (χ1) is 9.66. The lowest BCUT2D eigenvalue weighted by Gasteiger charge is -2.09. The van der Waals surface area contributed by atoms with E-state index in [9.17, 15) is 4.79 Å². The van der Waals surface area contributed by atoms with E-state index < -0.39 is 0 Å². The third-order valence-electron chi connectivity index (χ3n) is 2.83. The second-order valence-electron chi connectivity index (χ2n) is 4.38. The fraction of sp³-hybridized carbons (Fsp3) is 0.188. The summed E-state index contributed by atoms with van der Waals surface area (Å²) in [6, 6.07) is 14.6. The van der Waals surface area contributed by atoms with Gasteiger partial charge in [0.05, 0.1) is 6.54 Å². The monoisotopic (exact) mass is 289 g/mol. The van der Waals surface area contributed by atoms with Crippen LogP contribution in [0, 0.1) is 6.92 Å². The molecule has 0 bridgehead atoms. The molecule has 0 saturated heterocycles. The molecule has 0 aliphatic carbocycles. The Balaban J connectivity index is 1.79. The molecule has 104 valence electrons. The van der Waals surface area contributed by atoms with E-state index in [4.69, 9.17) is 16.3 Å². The number of aryl methyl sites for hydroxylation is 1. The van der Waals surface area contributed by atoms with E-state index >= 15 is 0 Å². The van der Waals surface area contributed by atoms with Crippen molar-refractivity contribution in [2.75, 3.05) is 13.2 Å². The van der Waals surface area contributed by atoms with Crippen LogP contribution >= 0.6 is 11.6 Å². The van der Waals surface area contributed by atoms with Crippen molar-refractivity contribution >= 4 is 17.5 Å². The van der Waals surface area contributed by atoms with E-state index in [2.05, 4.69) is 5.32 Å². The highest BCUT2D eigenvalue weighted by Gasteiger charge is 2.05. The molecule has 2 rings (SSSR count). The van der Waals surface area contributed by atoms with Crippen LogP contribution in [0.5, 0.6) is 5.75 Å². The van der Waals surface area contributed by atoms with Crippen molar-refractivity contribution in [3.8, 4) is 5.75 Å². The highest BCUT2D eigenvalue weighted by atomic mass is 35.5. The summed E-state index contributed by atoms with van der Waals surface area (Å²) >= 11 is 5.84. The molecule has 0 spiro atoms. The van der Waals surface area contributed by atoms with Crippen molar-refractivity contribution in [2.24, 2.45) is 0 Å². The van der Waals surface area contributed by atoms with Crippen molar-refractivity contribution in [1.29, 1.82) is 0 Å². The van der Waals surface area contributed by atoms with Gasteiger partial charge in [-0.15, -0.1) is 0 Å². The number of hydrogen-bond donors (Lipinski definition) is 1. The number of benzene rings is 2. The first kappa shape index (κ1) is 14.4. The van der Waals surface area contributed by atoms with Crippen LogP contribution in [0.1, 0.15) is 15.9 Å². The lowest BCUT2D eigenvalue weighted by atomic mass is 10.2. The summed E-state index contributed by atoms with van der Waals surface area (Å²) in [5, 5.41) is 3.34. The van der Waals surface area contributed by atoms with E-state index in [0.717, 1.165) is 11.3 Å². The fourth-order valence-electron chi connectivity index (χ4n) is 1.78. The zero-order valence-electron chi connectivity index (χ0n) is 11.2. The Hall–Kier alpha value is -2.00. The fourth-order valence-corrected chi connectivity index (χ4v) is 1.97. The van der Waals surface area contributed by atoms with Gasteiger partial charge in [0, 0.05) is 10.6 Å². The maximum Gasteiger partial charge on any atom is 0.251 e. The van der Waals surface area contributed by atoms with Gasteiger partial charge in [0.25, 0.3) is 5.91 Å². The molecule has 1 amide bonds. The molecule has 0 aromatic heterocycles. The average Bonchev–Trinajstić information content (AvgIpc) is 2.45. The Labute approximate surface area is 123 Å². The highest BCUT2D eigenvalue weighted by Crippen LogP contribution is 2.15. The molecule has 3 nitrogen and oxygen atoms in total. The van der Waals surface area contributed by atoms with Crippen LogP contribution in [-0.4, -0.2) is 19.1 Å². The molecule has 2 aromatic rings. The van der Waals surface area contributed by atoms with E-state index in [-0.39, 0.29) is 5.91 Å². The molecule has 1 N–H and O–H groups in total. The smallest absolute Gasteiger partial charge is 0.251 e. The molecule has 0 aliphatic rings. The van der Waals surface area contributed by atoms with Crippen LogP contribution in [-0.2, 0) is 0 Å². The van der Waals surface area contributed by atoms with Crippen molar-refractivity contribution in [2.45, 2.75) is 6.92 Å². The van der Waals surface area contributed by atoms with Gasteiger partial charge in [0.1, 0.15) is 12.4 Å². The van der Waals surface area contributed by atoms with E-state index in [1.165, 1.54) is 0 Å². The largest absolute Gasteiger partial charge is 0.491 e. The van der Waals surface area contributed by atoms with Crippen molar-refractivity contribution in [3.05, 3.63) is 64.7 Å².